The van der Waals surface area contributed by atoms with Gasteiger partial charge in [-0.3, -0.25) is 9.80 Å². The number of pyridine rings is 1. The van der Waals surface area contributed by atoms with E-state index in [-0.39, 0.29) is 18.4 Å². The van der Waals surface area contributed by atoms with Crippen LogP contribution in [0.1, 0.15) is 30.5 Å². The van der Waals surface area contributed by atoms with E-state index in [2.05, 4.69) is 40.0 Å². The zero-order valence-electron chi connectivity index (χ0n) is 15.8. The number of fused-ring (bicyclic) bond motifs is 1. The molecule has 136 valence electrons. The van der Waals surface area contributed by atoms with Crippen LogP contribution in [-0.4, -0.2) is 36.0 Å². The van der Waals surface area contributed by atoms with Crippen LogP contribution in [0.2, 0.25) is 0 Å². The van der Waals surface area contributed by atoms with Gasteiger partial charge in [-0.05, 0) is 29.8 Å². The summed E-state index contributed by atoms with van der Waals surface area (Å²) < 4.78 is 0. The Morgan fingerprint density at radius 3 is 2.70 bits per heavy atom. The van der Waals surface area contributed by atoms with Gasteiger partial charge < -0.3 is 5.32 Å². The summed E-state index contributed by atoms with van der Waals surface area (Å²) in [6.45, 7) is 10.3. The van der Waals surface area contributed by atoms with Crippen molar-refractivity contribution >= 4 is 51.0 Å². The monoisotopic (exact) mass is 376 g/mol. The number of anilines is 1. The van der Waals surface area contributed by atoms with E-state index in [0.717, 1.165) is 27.7 Å². The molecular weight excluding hydrogens is 354 g/mol. The van der Waals surface area contributed by atoms with Gasteiger partial charge in [0.15, 0.2) is 0 Å². The first-order chi connectivity index (χ1) is 12.8. The van der Waals surface area contributed by atoms with Crippen molar-refractivity contribution in [1.82, 2.24) is 9.99 Å². The number of amides is 1. The molecule has 2 aromatic rings. The average molecular weight is 376 g/mol. The third kappa shape index (κ3) is 3.96. The smallest absolute Gasteiger partial charge is 0.247 e. The van der Waals surface area contributed by atoms with Crippen LogP contribution in [0.15, 0.2) is 42.1 Å². The van der Waals surface area contributed by atoms with Crippen LogP contribution in [-0.2, 0) is 4.79 Å². The summed E-state index contributed by atoms with van der Waals surface area (Å²) in [5.74, 6) is 0.480. The molecular formula is C20H22BN4OP. The molecule has 2 heterocycles. The van der Waals surface area contributed by atoms with Gasteiger partial charge in [-0.25, -0.2) is 4.98 Å². The molecule has 2 radical (unpaired) electrons. The molecule has 1 amide bonds. The molecule has 7 heteroatoms. The Morgan fingerprint density at radius 2 is 2.07 bits per heavy atom. The molecule has 5 nitrogen and oxygen atoms in total. The van der Waals surface area contributed by atoms with Gasteiger partial charge in [0.1, 0.15) is 20.2 Å². The summed E-state index contributed by atoms with van der Waals surface area (Å²) >= 11 is 0. The molecule has 0 saturated carbocycles. The zero-order chi connectivity index (χ0) is 19.7. The number of hydrogen-bond acceptors (Lipinski definition) is 4. The number of hydrogen-bond donors (Lipinski definition) is 1. The predicted octanol–water partition coefficient (Wildman–Crippen LogP) is 1.97. The van der Waals surface area contributed by atoms with Crippen LogP contribution in [0.3, 0.4) is 0 Å². The summed E-state index contributed by atoms with van der Waals surface area (Å²) in [7, 11) is 8.77. The number of nitrogens with one attached hydrogen (secondary N) is 1. The first-order valence-corrected chi connectivity index (χ1v) is 9.31. The van der Waals surface area contributed by atoms with Gasteiger partial charge in [0.2, 0.25) is 5.91 Å². The normalized spacial score (nSPS) is 13.4. The molecule has 1 aliphatic heterocycles. The SMILES string of the molecule is [B]c1ccc2c(c1P)C(C(C)C)=NN(CC(=O)Nc1ccc(C)cn1)C2=C. The highest BCUT2D eigenvalue weighted by atomic mass is 31.0. The number of benzene rings is 1. The average Bonchev–Trinajstić information content (AvgIpc) is 2.62. The molecule has 1 atom stereocenters. The summed E-state index contributed by atoms with van der Waals surface area (Å²) in [6.07, 6.45) is 1.71. The van der Waals surface area contributed by atoms with Gasteiger partial charge in [0.25, 0.3) is 0 Å². The van der Waals surface area contributed by atoms with Crippen LogP contribution in [0.25, 0.3) is 5.70 Å². The summed E-state index contributed by atoms with van der Waals surface area (Å²) in [6, 6.07) is 7.46. The summed E-state index contributed by atoms with van der Waals surface area (Å²) in [4.78, 5) is 16.7. The maximum absolute atomic E-state index is 12.5. The first-order valence-electron chi connectivity index (χ1n) is 8.74. The van der Waals surface area contributed by atoms with Crippen molar-refractivity contribution in [2.75, 3.05) is 11.9 Å². The Kier molecular flexibility index (Phi) is 5.47. The molecule has 0 bridgehead atoms. The van der Waals surface area contributed by atoms with Crippen molar-refractivity contribution < 1.29 is 4.79 Å². The van der Waals surface area contributed by atoms with Gasteiger partial charge in [0.05, 0.1) is 11.4 Å². The van der Waals surface area contributed by atoms with E-state index in [4.69, 9.17) is 12.9 Å². The van der Waals surface area contributed by atoms with E-state index in [1.807, 2.05) is 25.1 Å². The van der Waals surface area contributed by atoms with Crippen LogP contribution in [0.4, 0.5) is 5.82 Å². The molecule has 0 fully saturated rings. The molecule has 1 aromatic carbocycles. The number of hydrazone groups is 1. The zero-order valence-corrected chi connectivity index (χ0v) is 16.9. The summed E-state index contributed by atoms with van der Waals surface area (Å²) in [5, 5.41) is 10.1. The van der Waals surface area contributed by atoms with E-state index in [1.54, 1.807) is 17.3 Å². The van der Waals surface area contributed by atoms with Crippen LogP contribution < -0.4 is 16.1 Å². The number of nitrogens with zero attached hydrogens (tertiary/aromatic N) is 3. The number of rotatable bonds is 4. The van der Waals surface area contributed by atoms with Crippen LogP contribution in [0, 0.1) is 12.8 Å². The van der Waals surface area contributed by atoms with Crippen LogP contribution >= 0.6 is 9.24 Å². The van der Waals surface area contributed by atoms with E-state index < -0.39 is 0 Å². The van der Waals surface area contributed by atoms with Crippen molar-refractivity contribution in [3.8, 4) is 0 Å². The topological polar surface area (TPSA) is 57.6 Å². The maximum atomic E-state index is 12.5. The molecule has 27 heavy (non-hydrogen) atoms. The van der Waals surface area contributed by atoms with E-state index >= 15 is 0 Å². The second-order valence-electron chi connectivity index (χ2n) is 6.90. The number of aryl methyl sites for hydroxylation is 1. The number of aromatic nitrogens is 1. The standard InChI is InChI=1S/C20H22BN4OP/c1-11(2)19-18-14(6-7-15(21)20(18)27)13(4)25(24-19)10-17(26)23-16-8-5-12(3)9-22-16/h5-9,11H,4,10,27H2,1-3H3,(H,22,23,26). The van der Waals surface area contributed by atoms with Crippen LogP contribution in [0.5, 0.6) is 0 Å². The molecule has 3 rings (SSSR count). The highest BCUT2D eigenvalue weighted by molar-refractivity contribution is 7.29. The molecule has 1 aromatic heterocycles. The first kappa shape index (κ1) is 19.3. The Hall–Kier alpha value is -2.46. The third-order valence-corrected chi connectivity index (χ3v) is 5.03. The fourth-order valence-electron chi connectivity index (χ4n) is 2.93. The Labute approximate surface area is 163 Å². The van der Waals surface area contributed by atoms with Gasteiger partial charge in [-0.2, -0.15) is 5.10 Å². The third-order valence-electron chi connectivity index (χ3n) is 4.41. The Bertz CT molecular complexity index is 938. The lowest BCUT2D eigenvalue weighted by atomic mass is 9.86. The minimum atomic E-state index is -0.204. The van der Waals surface area contributed by atoms with Crippen molar-refractivity contribution in [1.29, 1.82) is 0 Å². The molecule has 0 aliphatic carbocycles. The maximum Gasteiger partial charge on any atom is 0.247 e. The minimum Gasteiger partial charge on any atom is -0.309 e. The van der Waals surface area contributed by atoms with E-state index in [1.165, 1.54) is 0 Å². The Morgan fingerprint density at radius 1 is 1.33 bits per heavy atom. The van der Waals surface area contributed by atoms with Gasteiger partial charge in [-0.1, -0.05) is 44.1 Å². The predicted molar refractivity (Wildman–Crippen MR) is 116 cm³/mol. The highest BCUT2D eigenvalue weighted by Gasteiger charge is 2.27. The van der Waals surface area contributed by atoms with Crippen molar-refractivity contribution in [2.45, 2.75) is 20.8 Å². The molecule has 0 spiro atoms. The minimum absolute atomic E-state index is 0.0562. The molecule has 0 saturated heterocycles. The lowest BCUT2D eigenvalue weighted by Crippen LogP contribution is -2.37. The quantitative estimate of drug-likeness (QED) is 0.656. The molecule has 1 unspecified atom stereocenters. The number of carbonyl (C=O) groups is 1. The van der Waals surface area contributed by atoms with Gasteiger partial charge >= 0.3 is 0 Å². The van der Waals surface area contributed by atoms with Crippen molar-refractivity contribution in [2.24, 2.45) is 11.0 Å². The van der Waals surface area contributed by atoms with E-state index in [0.29, 0.717) is 17.0 Å². The lowest BCUT2D eigenvalue weighted by molar-refractivity contribution is -0.116. The van der Waals surface area contributed by atoms with E-state index in [9.17, 15) is 4.79 Å². The van der Waals surface area contributed by atoms with Crippen molar-refractivity contribution in [3.05, 3.63) is 53.7 Å². The summed E-state index contributed by atoms with van der Waals surface area (Å²) in [5.41, 5.74) is 5.20. The highest BCUT2D eigenvalue weighted by Crippen LogP contribution is 2.29. The van der Waals surface area contributed by atoms with Gasteiger partial charge in [-0.15, -0.1) is 9.24 Å². The Balaban J connectivity index is 1.87. The largest absolute Gasteiger partial charge is 0.309 e. The van der Waals surface area contributed by atoms with Gasteiger partial charge in [0, 0.05) is 17.3 Å². The lowest BCUT2D eigenvalue weighted by Gasteiger charge is -2.31. The molecule has 1 N–H and O–H groups in total. The number of carbonyl (C=O) groups excluding carboxylic acids is 1. The molecule has 1 aliphatic rings. The fourth-order valence-corrected chi connectivity index (χ4v) is 3.33. The second kappa shape index (κ2) is 7.65. The van der Waals surface area contributed by atoms with Crippen molar-refractivity contribution in [3.63, 3.8) is 0 Å². The second-order valence-corrected chi connectivity index (χ2v) is 7.48. The fraction of sp³-hybridized carbons (Fsp3) is 0.250.